The number of esters is 1. The van der Waals surface area contributed by atoms with Gasteiger partial charge in [-0.05, 0) is 35.9 Å². The van der Waals surface area contributed by atoms with E-state index in [2.05, 4.69) is 5.16 Å². The molecule has 0 saturated heterocycles. The number of oxime groups is 1. The molecule has 0 bridgehead atoms. The van der Waals surface area contributed by atoms with Crippen LogP contribution in [0.5, 0.6) is 0 Å². The molecule has 10 heteroatoms. The number of rotatable bonds is 4. The first-order chi connectivity index (χ1) is 14.1. The highest BCUT2D eigenvalue weighted by atomic mass is 35.5. The number of alkyl halides is 3. The summed E-state index contributed by atoms with van der Waals surface area (Å²) in [6, 6.07) is 9.83. The Hall–Kier alpha value is -2.76. The molecule has 1 aliphatic heterocycles. The van der Waals surface area contributed by atoms with Crippen molar-refractivity contribution in [2.75, 3.05) is 0 Å². The minimum absolute atomic E-state index is 0.0111. The zero-order valence-corrected chi connectivity index (χ0v) is 16.9. The van der Waals surface area contributed by atoms with Crippen molar-refractivity contribution in [1.29, 1.82) is 5.26 Å². The second kappa shape index (κ2) is 8.17. The number of hydrogen-bond acceptors (Lipinski definition) is 5. The van der Waals surface area contributed by atoms with E-state index in [4.69, 9.17) is 32.8 Å². The smallest absolute Gasteiger partial charge is 0.435 e. The molecule has 0 fully saturated rings. The summed E-state index contributed by atoms with van der Waals surface area (Å²) in [5.41, 5.74) is -2.17. The Balaban J connectivity index is 1.99. The first-order valence-corrected chi connectivity index (χ1v) is 9.26. The third-order valence-corrected chi connectivity index (χ3v) is 4.94. The quantitative estimate of drug-likeness (QED) is 0.568. The van der Waals surface area contributed by atoms with Crippen molar-refractivity contribution in [3.8, 4) is 6.07 Å². The fourth-order valence-corrected chi connectivity index (χ4v) is 3.55. The Labute approximate surface area is 179 Å². The molecule has 0 radical (unpaired) electrons. The highest BCUT2D eigenvalue weighted by molar-refractivity contribution is 6.34. The molecule has 2 aromatic rings. The Morgan fingerprint density at radius 3 is 2.50 bits per heavy atom. The van der Waals surface area contributed by atoms with Crippen LogP contribution >= 0.6 is 23.2 Å². The van der Waals surface area contributed by atoms with Crippen LogP contribution in [0.4, 0.5) is 13.2 Å². The summed E-state index contributed by atoms with van der Waals surface area (Å²) < 4.78 is 47.1. The lowest BCUT2D eigenvalue weighted by atomic mass is 9.86. The number of nitrogens with zero attached hydrogens (tertiary/aromatic N) is 2. The fraction of sp³-hybridized carbons (Fsp3) is 0.250. The molecule has 1 unspecified atom stereocenters. The highest BCUT2D eigenvalue weighted by Crippen LogP contribution is 2.49. The van der Waals surface area contributed by atoms with Crippen LogP contribution in [-0.4, -0.2) is 17.9 Å². The molecule has 1 heterocycles. The van der Waals surface area contributed by atoms with Gasteiger partial charge >= 0.3 is 12.1 Å². The first-order valence-electron chi connectivity index (χ1n) is 8.51. The predicted octanol–water partition coefficient (Wildman–Crippen LogP) is 5.51. The van der Waals surface area contributed by atoms with Crippen LogP contribution in [0.15, 0.2) is 41.6 Å². The molecule has 0 aromatic heterocycles. The molecule has 0 saturated carbocycles. The molecular weight excluding hydrogens is 444 g/mol. The molecule has 3 rings (SSSR count). The molecule has 0 spiro atoms. The van der Waals surface area contributed by atoms with Gasteiger partial charge in [-0.25, -0.2) is 0 Å². The van der Waals surface area contributed by atoms with Crippen molar-refractivity contribution in [2.24, 2.45) is 5.16 Å². The first kappa shape index (κ1) is 21.9. The van der Waals surface area contributed by atoms with Gasteiger partial charge in [0.2, 0.25) is 0 Å². The van der Waals surface area contributed by atoms with Gasteiger partial charge in [-0.15, -0.1) is 0 Å². The lowest BCUT2D eigenvalue weighted by Gasteiger charge is -2.29. The van der Waals surface area contributed by atoms with Crippen LogP contribution in [0.3, 0.4) is 0 Å². The van der Waals surface area contributed by atoms with E-state index in [0.717, 1.165) is 12.1 Å². The average molecular weight is 457 g/mol. The maximum atomic E-state index is 14.1. The van der Waals surface area contributed by atoms with E-state index in [1.54, 1.807) is 0 Å². The van der Waals surface area contributed by atoms with E-state index in [-0.39, 0.29) is 33.5 Å². The normalized spacial score (nSPS) is 18.4. The molecule has 0 N–H and O–H groups in total. The summed E-state index contributed by atoms with van der Waals surface area (Å²) in [5, 5.41) is 12.9. The van der Waals surface area contributed by atoms with E-state index < -0.39 is 24.2 Å². The maximum absolute atomic E-state index is 14.1. The minimum atomic E-state index is -4.82. The summed E-state index contributed by atoms with van der Waals surface area (Å²) in [6.45, 7) is 1.01. The number of carbonyl (C=O) groups is 1. The van der Waals surface area contributed by atoms with E-state index in [1.165, 1.54) is 31.2 Å². The Kier molecular flexibility index (Phi) is 5.97. The largest absolute Gasteiger partial charge is 0.461 e. The molecule has 5 nitrogen and oxygen atoms in total. The Morgan fingerprint density at radius 1 is 1.27 bits per heavy atom. The van der Waals surface area contributed by atoms with E-state index in [9.17, 15) is 23.2 Å². The standard InChI is InChI=1S/C20H13Cl2F3N2O3/c1-11(28)29-10-14-4-12(2-3-13(14)9-26)18-8-19(30-27-18,20(23,24)25)15-5-16(21)7-17(22)6-15/h2-7H,8,10H2,1H3. The van der Waals surface area contributed by atoms with Crippen molar-refractivity contribution in [3.63, 3.8) is 0 Å². The van der Waals surface area contributed by atoms with Gasteiger partial charge in [0.15, 0.2) is 0 Å². The van der Waals surface area contributed by atoms with Crippen LogP contribution in [0.1, 0.15) is 35.6 Å². The maximum Gasteiger partial charge on any atom is 0.435 e. The Morgan fingerprint density at radius 2 is 1.93 bits per heavy atom. The zero-order valence-electron chi connectivity index (χ0n) is 15.4. The fourth-order valence-electron chi connectivity index (χ4n) is 3.03. The topological polar surface area (TPSA) is 71.7 Å². The van der Waals surface area contributed by atoms with Crippen molar-refractivity contribution in [1.82, 2.24) is 0 Å². The van der Waals surface area contributed by atoms with Crippen LogP contribution < -0.4 is 0 Å². The van der Waals surface area contributed by atoms with Gasteiger partial charge in [-0.3, -0.25) is 4.79 Å². The van der Waals surface area contributed by atoms with E-state index >= 15 is 0 Å². The molecule has 156 valence electrons. The average Bonchev–Trinajstić information content (AvgIpc) is 3.12. The van der Waals surface area contributed by atoms with Gasteiger partial charge in [0.05, 0.1) is 17.3 Å². The van der Waals surface area contributed by atoms with Crippen LogP contribution in [0.25, 0.3) is 0 Å². The number of halogens is 5. The minimum Gasteiger partial charge on any atom is -0.461 e. The van der Waals surface area contributed by atoms with Gasteiger partial charge in [0.25, 0.3) is 5.60 Å². The summed E-state index contributed by atoms with van der Waals surface area (Å²) >= 11 is 11.8. The molecule has 0 aliphatic carbocycles. The third-order valence-electron chi connectivity index (χ3n) is 4.50. The van der Waals surface area contributed by atoms with Crippen LogP contribution in [-0.2, 0) is 26.6 Å². The van der Waals surface area contributed by atoms with E-state index in [0.29, 0.717) is 11.1 Å². The number of benzene rings is 2. The summed E-state index contributed by atoms with van der Waals surface area (Å²) in [7, 11) is 0. The predicted molar refractivity (Wildman–Crippen MR) is 103 cm³/mol. The lowest BCUT2D eigenvalue weighted by Crippen LogP contribution is -2.42. The van der Waals surface area contributed by atoms with Crippen LogP contribution in [0, 0.1) is 11.3 Å². The summed E-state index contributed by atoms with van der Waals surface area (Å²) in [4.78, 5) is 16.0. The van der Waals surface area contributed by atoms with Crippen molar-refractivity contribution in [2.45, 2.75) is 31.7 Å². The van der Waals surface area contributed by atoms with Crippen molar-refractivity contribution in [3.05, 3.63) is 68.7 Å². The molecule has 30 heavy (non-hydrogen) atoms. The SMILES string of the molecule is CC(=O)OCc1cc(C2=NOC(c3cc(Cl)cc(Cl)c3)(C(F)(F)F)C2)ccc1C#N. The summed E-state index contributed by atoms with van der Waals surface area (Å²) in [5.74, 6) is -0.556. The van der Waals surface area contributed by atoms with Gasteiger partial charge in [0.1, 0.15) is 6.61 Å². The number of hydrogen-bond donors (Lipinski definition) is 0. The molecule has 0 amide bonds. The van der Waals surface area contributed by atoms with Crippen molar-refractivity contribution < 1.29 is 27.5 Å². The van der Waals surface area contributed by atoms with Crippen molar-refractivity contribution >= 4 is 34.9 Å². The second-order valence-electron chi connectivity index (χ2n) is 6.55. The third kappa shape index (κ3) is 4.23. The summed E-state index contributed by atoms with van der Waals surface area (Å²) in [6.07, 6.45) is -5.45. The van der Waals surface area contributed by atoms with Gasteiger partial charge < -0.3 is 9.57 Å². The van der Waals surface area contributed by atoms with Crippen LogP contribution in [0.2, 0.25) is 10.0 Å². The zero-order chi connectivity index (χ0) is 22.1. The lowest BCUT2D eigenvalue weighted by molar-refractivity contribution is -0.275. The van der Waals surface area contributed by atoms with Gasteiger partial charge in [-0.2, -0.15) is 18.4 Å². The number of ether oxygens (including phenoxy) is 1. The number of carbonyl (C=O) groups excluding carboxylic acids is 1. The highest BCUT2D eigenvalue weighted by Gasteiger charge is 2.62. The monoisotopic (exact) mass is 456 g/mol. The Bertz CT molecular complexity index is 1060. The molecule has 1 atom stereocenters. The number of nitriles is 1. The van der Waals surface area contributed by atoms with Gasteiger partial charge in [0, 0.05) is 34.5 Å². The van der Waals surface area contributed by atoms with Gasteiger partial charge in [-0.1, -0.05) is 34.4 Å². The van der Waals surface area contributed by atoms with E-state index in [1.807, 2.05) is 6.07 Å². The second-order valence-corrected chi connectivity index (χ2v) is 7.43. The molecule has 1 aliphatic rings. The molecular formula is C20H13Cl2F3N2O3. The molecule has 2 aromatic carbocycles.